The lowest BCUT2D eigenvalue weighted by Gasteiger charge is -2.28. The third kappa shape index (κ3) is 4.02. The van der Waals surface area contributed by atoms with Gasteiger partial charge in [0.05, 0.1) is 33.7 Å². The van der Waals surface area contributed by atoms with E-state index in [1.165, 1.54) is 29.2 Å². The Morgan fingerprint density at radius 3 is 2.69 bits per heavy atom. The van der Waals surface area contributed by atoms with Gasteiger partial charge in [-0.3, -0.25) is 14.9 Å². The number of benzene rings is 2. The Kier molecular flexibility index (Phi) is 5.75. The van der Waals surface area contributed by atoms with Crippen LogP contribution in [-0.2, 0) is 4.79 Å². The van der Waals surface area contributed by atoms with E-state index < -0.39 is 16.9 Å². The SMILES string of the molecule is COc1ccccc1NC(=O)C1=C(C)Nc2nc(-c3cccs3)nn2[C@@H]1c1ccccc1[N+](=O)[O-]. The molecule has 0 unspecified atom stereocenters. The fourth-order valence-corrected chi connectivity index (χ4v) is 4.72. The molecular formula is C24H20N6O4S. The number of hydrogen-bond donors (Lipinski definition) is 2. The van der Waals surface area contributed by atoms with Crippen LogP contribution in [0.15, 0.2) is 77.3 Å². The molecule has 1 amide bonds. The Hall–Kier alpha value is -4.51. The number of hydrogen-bond acceptors (Lipinski definition) is 8. The summed E-state index contributed by atoms with van der Waals surface area (Å²) in [6.07, 6.45) is 0. The Bertz CT molecular complexity index is 1460. The van der Waals surface area contributed by atoms with Gasteiger partial charge in [0, 0.05) is 11.8 Å². The second-order valence-corrected chi connectivity index (χ2v) is 8.67. The van der Waals surface area contributed by atoms with Gasteiger partial charge in [-0.1, -0.05) is 30.3 Å². The van der Waals surface area contributed by atoms with Gasteiger partial charge in [0.1, 0.15) is 11.8 Å². The highest BCUT2D eigenvalue weighted by Crippen LogP contribution is 2.40. The van der Waals surface area contributed by atoms with Gasteiger partial charge in [-0.05, 0) is 36.6 Å². The van der Waals surface area contributed by atoms with Gasteiger partial charge in [0.25, 0.3) is 11.6 Å². The van der Waals surface area contributed by atoms with E-state index in [4.69, 9.17) is 4.74 Å². The Morgan fingerprint density at radius 2 is 1.94 bits per heavy atom. The van der Waals surface area contributed by atoms with Crippen molar-refractivity contribution in [3.8, 4) is 16.5 Å². The maximum absolute atomic E-state index is 13.7. The quantitative estimate of drug-likeness (QED) is 0.294. The standard InChI is InChI=1S/C24H20N6O4S/c1-14-20(23(31)26-16-9-4-6-11-18(16)34-2)21(15-8-3-5-10-17(15)30(32)33)29-24(25-14)27-22(28-29)19-12-7-13-35-19/h3-13,21H,1-2H3,(H,26,31)(H,25,27,28)/t21-/m1/s1. The number of carbonyl (C=O) groups is 1. The third-order valence-corrected chi connectivity index (χ3v) is 6.49. The second kappa shape index (κ2) is 9.03. The number of para-hydroxylation sites is 3. The number of fused-ring (bicyclic) bond motifs is 1. The zero-order valence-corrected chi connectivity index (χ0v) is 19.6. The van der Waals surface area contributed by atoms with Crippen LogP contribution in [0.5, 0.6) is 5.75 Å². The van der Waals surface area contributed by atoms with Crippen molar-refractivity contribution in [2.45, 2.75) is 13.0 Å². The molecule has 4 aromatic rings. The van der Waals surface area contributed by atoms with E-state index in [1.807, 2.05) is 17.5 Å². The zero-order valence-electron chi connectivity index (χ0n) is 18.8. The highest BCUT2D eigenvalue weighted by molar-refractivity contribution is 7.13. The first-order chi connectivity index (χ1) is 17.0. The maximum Gasteiger partial charge on any atom is 0.275 e. The van der Waals surface area contributed by atoms with Crippen molar-refractivity contribution in [2.24, 2.45) is 0 Å². The molecule has 2 aromatic heterocycles. The summed E-state index contributed by atoms with van der Waals surface area (Å²) in [4.78, 5) is 30.6. The van der Waals surface area contributed by atoms with Gasteiger partial charge in [-0.2, -0.15) is 4.98 Å². The van der Waals surface area contributed by atoms with Gasteiger partial charge >= 0.3 is 0 Å². The largest absolute Gasteiger partial charge is 0.495 e. The molecule has 0 spiro atoms. The molecule has 176 valence electrons. The highest BCUT2D eigenvalue weighted by atomic mass is 32.1. The minimum atomic E-state index is -0.885. The number of methoxy groups -OCH3 is 1. The Morgan fingerprint density at radius 1 is 1.17 bits per heavy atom. The van der Waals surface area contributed by atoms with Crippen LogP contribution in [0.3, 0.4) is 0 Å². The molecule has 1 aliphatic heterocycles. The molecule has 0 aliphatic carbocycles. The molecule has 2 N–H and O–H groups in total. The van der Waals surface area contributed by atoms with Crippen molar-refractivity contribution in [3.63, 3.8) is 0 Å². The minimum absolute atomic E-state index is 0.117. The molecule has 1 atom stereocenters. The van der Waals surface area contributed by atoms with Crippen LogP contribution < -0.4 is 15.4 Å². The molecule has 0 saturated carbocycles. The second-order valence-electron chi connectivity index (χ2n) is 7.72. The van der Waals surface area contributed by atoms with E-state index >= 15 is 0 Å². The third-order valence-electron chi connectivity index (χ3n) is 5.62. The van der Waals surface area contributed by atoms with Crippen LogP contribution in [0.25, 0.3) is 10.7 Å². The zero-order chi connectivity index (χ0) is 24.5. The minimum Gasteiger partial charge on any atom is -0.495 e. The molecule has 0 radical (unpaired) electrons. The van der Waals surface area contributed by atoms with E-state index in [9.17, 15) is 14.9 Å². The predicted molar refractivity (Wildman–Crippen MR) is 133 cm³/mol. The molecule has 2 aromatic carbocycles. The van der Waals surface area contributed by atoms with Crippen molar-refractivity contribution >= 4 is 34.6 Å². The Labute approximate surface area is 204 Å². The van der Waals surface area contributed by atoms with E-state index in [2.05, 4.69) is 20.7 Å². The number of rotatable bonds is 6. The molecule has 0 fully saturated rings. The number of amides is 1. The number of nitrogens with one attached hydrogen (secondary N) is 2. The normalized spacial score (nSPS) is 14.7. The number of nitrogens with zero attached hydrogens (tertiary/aromatic N) is 4. The summed E-state index contributed by atoms with van der Waals surface area (Å²) in [6, 6.07) is 16.3. The molecule has 3 heterocycles. The number of nitro groups is 1. The van der Waals surface area contributed by atoms with Gasteiger partial charge in [0.15, 0.2) is 5.82 Å². The molecule has 35 heavy (non-hydrogen) atoms. The highest BCUT2D eigenvalue weighted by Gasteiger charge is 2.38. The molecule has 1 aliphatic rings. The average molecular weight is 489 g/mol. The van der Waals surface area contributed by atoms with Gasteiger partial charge in [0.2, 0.25) is 5.95 Å². The van der Waals surface area contributed by atoms with Crippen LogP contribution >= 0.6 is 11.3 Å². The number of thiophene rings is 1. The first-order valence-electron chi connectivity index (χ1n) is 10.6. The molecule has 0 saturated heterocycles. The average Bonchev–Trinajstić information content (AvgIpc) is 3.53. The summed E-state index contributed by atoms with van der Waals surface area (Å²) in [7, 11) is 1.52. The van der Waals surface area contributed by atoms with Gasteiger partial charge in [-0.25, -0.2) is 4.68 Å². The van der Waals surface area contributed by atoms with Crippen LogP contribution in [0.4, 0.5) is 17.3 Å². The predicted octanol–water partition coefficient (Wildman–Crippen LogP) is 4.85. The molecule has 5 rings (SSSR count). The number of anilines is 2. The molecule has 10 nitrogen and oxygen atoms in total. The molecular weight excluding hydrogens is 468 g/mol. The lowest BCUT2D eigenvalue weighted by atomic mass is 9.93. The fraction of sp³-hybridized carbons (Fsp3) is 0.125. The number of allylic oxidation sites excluding steroid dienone is 1. The maximum atomic E-state index is 13.7. The first-order valence-corrected chi connectivity index (χ1v) is 11.5. The van der Waals surface area contributed by atoms with E-state index in [-0.39, 0.29) is 11.3 Å². The summed E-state index contributed by atoms with van der Waals surface area (Å²) in [5, 5.41) is 24.5. The Balaban J connectivity index is 1.65. The number of carbonyl (C=O) groups excluding carboxylic acids is 1. The van der Waals surface area contributed by atoms with E-state index in [0.29, 0.717) is 34.5 Å². The van der Waals surface area contributed by atoms with Crippen molar-refractivity contribution in [3.05, 3.63) is 93.0 Å². The lowest BCUT2D eigenvalue weighted by Crippen LogP contribution is -2.32. The summed E-state index contributed by atoms with van der Waals surface area (Å²) < 4.78 is 6.89. The lowest BCUT2D eigenvalue weighted by molar-refractivity contribution is -0.385. The molecule has 11 heteroatoms. The van der Waals surface area contributed by atoms with Crippen LogP contribution in [-0.4, -0.2) is 32.7 Å². The fourth-order valence-electron chi connectivity index (χ4n) is 4.07. The van der Waals surface area contributed by atoms with Gasteiger partial charge < -0.3 is 15.4 Å². The number of nitro benzene ring substituents is 1. The monoisotopic (exact) mass is 488 g/mol. The molecule has 0 bridgehead atoms. The van der Waals surface area contributed by atoms with Crippen molar-refractivity contribution in [1.29, 1.82) is 0 Å². The topological polar surface area (TPSA) is 124 Å². The van der Waals surface area contributed by atoms with Crippen LogP contribution in [0, 0.1) is 10.1 Å². The van der Waals surface area contributed by atoms with E-state index in [0.717, 1.165) is 4.88 Å². The van der Waals surface area contributed by atoms with Crippen molar-refractivity contribution < 1.29 is 14.5 Å². The summed E-state index contributed by atoms with van der Waals surface area (Å²) in [6.45, 7) is 1.74. The summed E-state index contributed by atoms with van der Waals surface area (Å²) >= 11 is 1.48. The van der Waals surface area contributed by atoms with Gasteiger partial charge in [-0.15, -0.1) is 16.4 Å². The number of aromatic nitrogens is 3. The number of ether oxygens (including phenoxy) is 1. The van der Waals surface area contributed by atoms with Crippen molar-refractivity contribution in [2.75, 3.05) is 17.7 Å². The summed E-state index contributed by atoms with van der Waals surface area (Å²) in [5.41, 5.74) is 1.48. The van der Waals surface area contributed by atoms with E-state index in [1.54, 1.807) is 49.4 Å². The van der Waals surface area contributed by atoms with Crippen LogP contribution in [0.1, 0.15) is 18.5 Å². The first kappa shape index (κ1) is 22.3. The smallest absolute Gasteiger partial charge is 0.275 e. The summed E-state index contributed by atoms with van der Waals surface area (Å²) in [5.74, 6) is 0.904. The van der Waals surface area contributed by atoms with Crippen LogP contribution in [0.2, 0.25) is 0 Å². The van der Waals surface area contributed by atoms with Crippen molar-refractivity contribution in [1.82, 2.24) is 14.8 Å².